The number of nitrogens with two attached hydrogens (primary N) is 1. The fraction of sp³-hybridized carbons (Fsp3) is 0.394. The zero-order chi connectivity index (χ0) is 30.4. The number of carbonyl (C=O) groups is 2. The van der Waals surface area contributed by atoms with Crippen molar-refractivity contribution >= 4 is 34.4 Å². The number of likely N-dealkylation sites (tertiary alicyclic amines) is 1. The monoisotopic (exact) mass is 572 g/mol. The summed E-state index contributed by atoms with van der Waals surface area (Å²) in [6.45, 7) is 8.14. The summed E-state index contributed by atoms with van der Waals surface area (Å²) >= 11 is 0. The number of hydrogen-bond acceptors (Lipinski definition) is 7. The lowest BCUT2D eigenvalue weighted by molar-refractivity contribution is -0.174. The van der Waals surface area contributed by atoms with Gasteiger partial charge in [0.05, 0.1) is 17.2 Å². The van der Waals surface area contributed by atoms with Crippen LogP contribution < -0.4 is 10.5 Å². The van der Waals surface area contributed by atoms with Crippen LogP contribution >= 0.6 is 0 Å². The lowest BCUT2D eigenvalue weighted by atomic mass is 9.91. The topological polar surface area (TPSA) is 139 Å². The van der Waals surface area contributed by atoms with Crippen LogP contribution in [0.3, 0.4) is 0 Å². The highest BCUT2D eigenvalue weighted by Gasteiger charge is 2.27. The molecule has 3 aromatic carbocycles. The van der Waals surface area contributed by atoms with Crippen molar-refractivity contribution < 1.29 is 23.8 Å². The number of amidine groups is 2. The molecule has 0 aromatic heterocycles. The van der Waals surface area contributed by atoms with Crippen LogP contribution in [0.5, 0.6) is 5.75 Å². The lowest BCUT2D eigenvalue weighted by Crippen LogP contribution is -2.40. The van der Waals surface area contributed by atoms with E-state index in [1.807, 2.05) is 65.6 Å². The van der Waals surface area contributed by atoms with Crippen molar-refractivity contribution in [3.8, 4) is 5.75 Å². The molecule has 1 unspecified atom stereocenters. The summed E-state index contributed by atoms with van der Waals surface area (Å²) in [5.74, 6) is -0.318. The number of rotatable bonds is 9. The minimum Gasteiger partial charge on any atom is -0.490 e. The van der Waals surface area contributed by atoms with Crippen LogP contribution in [0.15, 0.2) is 60.7 Å². The molecule has 0 amide bonds. The number of hydrogen-bond donors (Lipinski definition) is 3. The third-order valence-electron chi connectivity index (χ3n) is 7.45. The van der Waals surface area contributed by atoms with Gasteiger partial charge in [0, 0.05) is 31.5 Å². The van der Waals surface area contributed by atoms with Gasteiger partial charge in [-0.15, -0.1) is 0 Å². The molecule has 0 radical (unpaired) electrons. The third kappa shape index (κ3) is 7.87. The summed E-state index contributed by atoms with van der Waals surface area (Å²) < 4.78 is 16.8. The molecular formula is C33H40N4O5. The van der Waals surface area contributed by atoms with E-state index in [1.54, 1.807) is 27.7 Å². The van der Waals surface area contributed by atoms with Gasteiger partial charge in [0.2, 0.25) is 6.79 Å². The Kier molecular flexibility index (Phi) is 9.50. The van der Waals surface area contributed by atoms with Crippen molar-refractivity contribution in [3.05, 3.63) is 77.4 Å². The molecular weight excluding hydrogens is 532 g/mol. The fourth-order valence-corrected chi connectivity index (χ4v) is 4.90. The summed E-state index contributed by atoms with van der Waals surface area (Å²) in [6.07, 6.45) is 2.11. The molecule has 222 valence electrons. The van der Waals surface area contributed by atoms with Crippen molar-refractivity contribution in [2.45, 2.75) is 59.0 Å². The summed E-state index contributed by atoms with van der Waals surface area (Å²) in [5, 5.41) is 17.5. The molecule has 9 heteroatoms. The van der Waals surface area contributed by atoms with Crippen molar-refractivity contribution in [1.82, 2.24) is 4.90 Å². The predicted molar refractivity (Wildman–Crippen MR) is 163 cm³/mol. The maximum absolute atomic E-state index is 13.4. The van der Waals surface area contributed by atoms with E-state index in [9.17, 15) is 9.59 Å². The molecule has 1 aliphatic heterocycles. The van der Waals surface area contributed by atoms with E-state index in [0.717, 1.165) is 53.6 Å². The molecule has 1 atom stereocenters. The van der Waals surface area contributed by atoms with Gasteiger partial charge in [-0.1, -0.05) is 42.5 Å². The van der Waals surface area contributed by atoms with Gasteiger partial charge < -0.3 is 24.8 Å². The van der Waals surface area contributed by atoms with Crippen LogP contribution in [0.1, 0.15) is 63.1 Å². The van der Waals surface area contributed by atoms with E-state index in [1.165, 1.54) is 0 Å². The fourth-order valence-electron chi connectivity index (χ4n) is 4.90. The van der Waals surface area contributed by atoms with Crippen molar-refractivity contribution in [3.63, 3.8) is 0 Å². The number of piperidine rings is 1. The maximum Gasteiger partial charge on any atom is 0.316 e. The van der Waals surface area contributed by atoms with Crippen LogP contribution in [-0.2, 0) is 25.5 Å². The van der Waals surface area contributed by atoms with Crippen molar-refractivity contribution in [1.29, 1.82) is 10.8 Å². The zero-order valence-corrected chi connectivity index (χ0v) is 24.7. The Labute approximate surface area is 247 Å². The standard InChI is InChI=1S/C33H40N4O5/c1-21(34)37-15-13-28(14-16-37)42-27-11-9-24(10-12-27)29(31(38)40-20-41-32(39)33(2,3)4)18-22-5-6-23-7-8-25(30(35)36)19-26(23)17-22/h5-12,17,19,28-29,34H,13-16,18,20H2,1-4H3,(H3,35,36). The van der Waals surface area contributed by atoms with E-state index in [2.05, 4.69) is 0 Å². The molecule has 42 heavy (non-hydrogen) atoms. The van der Waals surface area contributed by atoms with Crippen molar-refractivity contribution in [2.75, 3.05) is 19.9 Å². The molecule has 4 N–H and O–H groups in total. The minimum absolute atomic E-state index is 0.00809. The predicted octanol–water partition coefficient (Wildman–Crippen LogP) is 5.38. The molecule has 1 saturated heterocycles. The van der Waals surface area contributed by atoms with Gasteiger partial charge in [-0.05, 0) is 74.2 Å². The largest absolute Gasteiger partial charge is 0.490 e. The normalized spacial score (nSPS) is 14.7. The average Bonchev–Trinajstić information content (AvgIpc) is 2.95. The molecule has 0 bridgehead atoms. The van der Waals surface area contributed by atoms with Crippen LogP contribution in [0, 0.1) is 16.2 Å². The number of benzene rings is 3. The van der Waals surface area contributed by atoms with Gasteiger partial charge in [0.15, 0.2) is 0 Å². The maximum atomic E-state index is 13.4. The Morgan fingerprint density at radius 3 is 2.24 bits per heavy atom. The van der Waals surface area contributed by atoms with E-state index in [0.29, 0.717) is 17.8 Å². The highest BCUT2D eigenvalue weighted by Crippen LogP contribution is 2.28. The summed E-state index contributed by atoms with van der Waals surface area (Å²) in [7, 11) is 0. The van der Waals surface area contributed by atoms with Crippen LogP contribution in [0.2, 0.25) is 0 Å². The SMILES string of the molecule is CC(=N)N1CCC(Oc2ccc(C(Cc3ccc4ccc(C(=N)N)cc4c3)C(=O)OCOC(=O)C(C)(C)C)cc2)CC1. The second-order valence-electron chi connectivity index (χ2n) is 11.8. The molecule has 4 rings (SSSR count). The number of carbonyl (C=O) groups excluding carboxylic acids is 2. The molecule has 3 aromatic rings. The Morgan fingerprint density at radius 2 is 1.62 bits per heavy atom. The van der Waals surface area contributed by atoms with Crippen LogP contribution in [0.4, 0.5) is 0 Å². The summed E-state index contributed by atoms with van der Waals surface area (Å²) in [5.41, 5.74) is 7.27. The van der Waals surface area contributed by atoms with Gasteiger partial charge in [-0.3, -0.25) is 20.4 Å². The molecule has 0 spiro atoms. The summed E-state index contributed by atoms with van der Waals surface area (Å²) in [4.78, 5) is 27.6. The van der Waals surface area contributed by atoms with Crippen LogP contribution in [-0.4, -0.2) is 54.5 Å². The van der Waals surface area contributed by atoms with E-state index >= 15 is 0 Å². The number of fused-ring (bicyclic) bond motifs is 1. The summed E-state index contributed by atoms with van der Waals surface area (Å²) in [6, 6.07) is 19.0. The highest BCUT2D eigenvalue weighted by molar-refractivity contribution is 5.99. The Hall–Kier alpha value is -4.40. The first-order valence-corrected chi connectivity index (χ1v) is 14.2. The molecule has 1 fully saturated rings. The number of nitrogens with one attached hydrogen (secondary N) is 2. The quantitative estimate of drug-likeness (QED) is 0.135. The first-order chi connectivity index (χ1) is 19.9. The molecule has 1 heterocycles. The van der Waals surface area contributed by atoms with Gasteiger partial charge in [-0.25, -0.2) is 0 Å². The second-order valence-corrected chi connectivity index (χ2v) is 11.8. The molecule has 9 nitrogen and oxygen atoms in total. The van der Waals surface area contributed by atoms with Crippen molar-refractivity contribution in [2.24, 2.45) is 11.1 Å². The third-order valence-corrected chi connectivity index (χ3v) is 7.45. The average molecular weight is 573 g/mol. The highest BCUT2D eigenvalue weighted by atomic mass is 16.7. The zero-order valence-electron chi connectivity index (χ0n) is 24.7. The van der Waals surface area contributed by atoms with Crippen LogP contribution in [0.25, 0.3) is 10.8 Å². The Balaban J connectivity index is 1.51. The number of ether oxygens (including phenoxy) is 3. The molecule has 0 aliphatic carbocycles. The smallest absolute Gasteiger partial charge is 0.316 e. The van der Waals surface area contributed by atoms with E-state index < -0.39 is 30.1 Å². The van der Waals surface area contributed by atoms with Gasteiger partial charge >= 0.3 is 11.9 Å². The molecule has 1 aliphatic rings. The lowest BCUT2D eigenvalue weighted by Gasteiger charge is -2.32. The number of nitrogens with zero attached hydrogens (tertiary/aromatic N) is 1. The van der Waals surface area contributed by atoms with E-state index in [-0.39, 0.29) is 11.9 Å². The van der Waals surface area contributed by atoms with Gasteiger partial charge in [0.1, 0.15) is 17.7 Å². The van der Waals surface area contributed by atoms with Gasteiger partial charge in [-0.2, -0.15) is 0 Å². The van der Waals surface area contributed by atoms with E-state index in [4.69, 9.17) is 30.8 Å². The first kappa shape index (κ1) is 30.6. The Morgan fingerprint density at radius 1 is 0.952 bits per heavy atom. The minimum atomic E-state index is -0.708. The molecule has 0 saturated carbocycles. The number of esters is 2. The van der Waals surface area contributed by atoms with Gasteiger partial charge in [0.25, 0.3) is 0 Å². The second kappa shape index (κ2) is 13.1. The first-order valence-electron chi connectivity index (χ1n) is 14.2. The number of nitrogen functional groups attached to an aromatic ring is 1. The Bertz CT molecular complexity index is 1450.